The molecule has 1 aliphatic carbocycles. The lowest BCUT2D eigenvalue weighted by Crippen LogP contribution is -2.27. The van der Waals surface area contributed by atoms with Gasteiger partial charge in [0.05, 0.1) is 17.7 Å². The van der Waals surface area contributed by atoms with Crippen LogP contribution in [0.4, 0.5) is 8.78 Å². The molecule has 1 aromatic heterocycles. The highest BCUT2D eigenvalue weighted by molar-refractivity contribution is 5.88. The second kappa shape index (κ2) is 3.04. The van der Waals surface area contributed by atoms with Gasteiger partial charge in [-0.05, 0) is 12.8 Å². The average Bonchev–Trinajstić information content (AvgIpc) is 2.82. The molecule has 4 nitrogen and oxygen atoms in total. The van der Waals surface area contributed by atoms with Crippen molar-refractivity contribution < 1.29 is 18.3 Å². The molecule has 0 atom stereocenters. The fourth-order valence-corrected chi connectivity index (χ4v) is 1.05. The van der Waals surface area contributed by atoms with Crippen LogP contribution in [0, 0.1) is 5.92 Å². The van der Waals surface area contributed by atoms with Gasteiger partial charge in [-0.15, -0.1) is 0 Å². The zero-order chi connectivity index (χ0) is 10.2. The predicted molar refractivity (Wildman–Crippen MR) is 41.7 cm³/mol. The van der Waals surface area contributed by atoms with Gasteiger partial charge in [0.1, 0.15) is 0 Å². The van der Waals surface area contributed by atoms with Crippen molar-refractivity contribution in [2.24, 2.45) is 5.92 Å². The number of ether oxygens (including phenoxy) is 1. The van der Waals surface area contributed by atoms with Crippen molar-refractivity contribution in [1.29, 1.82) is 0 Å². The van der Waals surface area contributed by atoms with E-state index in [4.69, 9.17) is 0 Å². The maximum Gasteiger partial charge on any atom is 0.402 e. The maximum atomic E-state index is 13.0. The zero-order valence-electron chi connectivity index (χ0n) is 7.17. The molecule has 1 heterocycles. The lowest BCUT2D eigenvalue weighted by atomic mass is 10.3. The minimum atomic E-state index is -3.34. The second-order valence-electron chi connectivity index (χ2n) is 3.21. The zero-order valence-corrected chi connectivity index (χ0v) is 7.17. The number of hydrogen-bond acceptors (Lipinski definition) is 3. The molecule has 0 unspecified atom stereocenters. The first-order valence-electron chi connectivity index (χ1n) is 4.19. The number of hydrogen-bond donors (Lipinski definition) is 1. The quantitative estimate of drug-likeness (QED) is 0.757. The van der Waals surface area contributed by atoms with E-state index in [9.17, 15) is 13.6 Å². The monoisotopic (exact) mass is 202 g/mol. The van der Waals surface area contributed by atoms with Crippen LogP contribution in [0.5, 0.6) is 0 Å². The molecule has 0 amide bonds. The standard InChI is InChI=1S/C8H8F2N2O2/c9-8(10,6-1-2-6)14-7(13)5-3-11-12-4-5/h3-4,6H,1-2H2,(H,11,12). The molecule has 1 aromatic rings. The number of carbonyl (C=O) groups excluding carboxylic acids is 1. The van der Waals surface area contributed by atoms with Crippen molar-refractivity contribution in [1.82, 2.24) is 10.2 Å². The van der Waals surface area contributed by atoms with Crippen molar-refractivity contribution in [2.45, 2.75) is 19.0 Å². The van der Waals surface area contributed by atoms with E-state index in [-0.39, 0.29) is 5.56 Å². The van der Waals surface area contributed by atoms with E-state index in [1.807, 2.05) is 0 Å². The van der Waals surface area contributed by atoms with Crippen molar-refractivity contribution >= 4 is 5.97 Å². The summed E-state index contributed by atoms with van der Waals surface area (Å²) < 4.78 is 30.0. The first kappa shape index (κ1) is 9.11. The fourth-order valence-electron chi connectivity index (χ4n) is 1.05. The molecule has 1 fully saturated rings. The van der Waals surface area contributed by atoms with Crippen LogP contribution in [0.3, 0.4) is 0 Å². The Morgan fingerprint density at radius 3 is 2.86 bits per heavy atom. The largest absolute Gasteiger partial charge is 0.402 e. The number of halogens is 2. The Kier molecular flexibility index (Phi) is 1.98. The second-order valence-corrected chi connectivity index (χ2v) is 3.21. The minimum Gasteiger partial charge on any atom is -0.397 e. The summed E-state index contributed by atoms with van der Waals surface area (Å²) in [6, 6.07) is 0. The molecule has 14 heavy (non-hydrogen) atoms. The summed E-state index contributed by atoms with van der Waals surface area (Å²) in [4.78, 5) is 11.1. The van der Waals surface area contributed by atoms with Crippen LogP contribution >= 0.6 is 0 Å². The first-order chi connectivity index (χ1) is 6.59. The SMILES string of the molecule is O=C(OC(F)(F)C1CC1)c1cn[nH]c1. The summed E-state index contributed by atoms with van der Waals surface area (Å²) in [7, 11) is 0. The molecule has 0 bridgehead atoms. The van der Waals surface area contributed by atoms with E-state index in [1.54, 1.807) is 0 Å². The summed E-state index contributed by atoms with van der Waals surface area (Å²) in [5.74, 6) is -1.85. The third kappa shape index (κ3) is 1.73. The van der Waals surface area contributed by atoms with Gasteiger partial charge in [0.25, 0.3) is 0 Å². The van der Waals surface area contributed by atoms with E-state index < -0.39 is 18.0 Å². The molecular weight excluding hydrogens is 194 g/mol. The molecule has 0 aromatic carbocycles. The number of aromatic amines is 1. The van der Waals surface area contributed by atoms with Crippen LogP contribution in [0.2, 0.25) is 0 Å². The number of alkyl halides is 2. The van der Waals surface area contributed by atoms with Crippen LogP contribution in [0.1, 0.15) is 23.2 Å². The van der Waals surface area contributed by atoms with Gasteiger partial charge in [-0.2, -0.15) is 13.9 Å². The molecular formula is C8H8F2N2O2. The maximum absolute atomic E-state index is 13.0. The smallest absolute Gasteiger partial charge is 0.397 e. The molecule has 2 rings (SSSR count). The van der Waals surface area contributed by atoms with E-state index in [0.29, 0.717) is 12.8 Å². The number of H-pyrrole nitrogens is 1. The normalized spacial score (nSPS) is 16.7. The highest BCUT2D eigenvalue weighted by Gasteiger charge is 2.50. The molecule has 0 aliphatic heterocycles. The number of esters is 1. The number of carbonyl (C=O) groups is 1. The number of rotatable bonds is 3. The summed E-state index contributed by atoms with van der Waals surface area (Å²) in [5.41, 5.74) is 0.00493. The van der Waals surface area contributed by atoms with Crippen LogP contribution in [0.25, 0.3) is 0 Å². The van der Waals surface area contributed by atoms with Crippen molar-refractivity contribution in [3.63, 3.8) is 0 Å². The van der Waals surface area contributed by atoms with E-state index >= 15 is 0 Å². The summed E-state index contributed by atoms with van der Waals surface area (Å²) >= 11 is 0. The number of nitrogens with zero attached hydrogens (tertiary/aromatic N) is 1. The fraction of sp³-hybridized carbons (Fsp3) is 0.500. The third-order valence-electron chi connectivity index (χ3n) is 2.02. The van der Waals surface area contributed by atoms with Gasteiger partial charge in [-0.25, -0.2) is 4.79 Å². The number of nitrogens with one attached hydrogen (secondary N) is 1. The molecule has 0 spiro atoms. The van der Waals surface area contributed by atoms with Gasteiger partial charge < -0.3 is 4.74 Å². The lowest BCUT2D eigenvalue weighted by Gasteiger charge is -2.14. The van der Waals surface area contributed by atoms with E-state index in [0.717, 1.165) is 6.20 Å². The van der Waals surface area contributed by atoms with Gasteiger partial charge in [0, 0.05) is 6.20 Å². The molecule has 1 saturated carbocycles. The first-order valence-corrected chi connectivity index (χ1v) is 4.19. The Balaban J connectivity index is 2.00. The van der Waals surface area contributed by atoms with Gasteiger partial charge in [0.2, 0.25) is 0 Å². The van der Waals surface area contributed by atoms with Crippen LogP contribution in [-0.4, -0.2) is 22.3 Å². The predicted octanol–water partition coefficient (Wildman–Crippen LogP) is 1.57. The molecule has 76 valence electrons. The Morgan fingerprint density at radius 1 is 1.64 bits per heavy atom. The van der Waals surface area contributed by atoms with E-state index in [1.165, 1.54) is 6.20 Å². The number of aromatic nitrogens is 2. The van der Waals surface area contributed by atoms with Crippen molar-refractivity contribution in [2.75, 3.05) is 0 Å². The van der Waals surface area contributed by atoms with Gasteiger partial charge in [0.15, 0.2) is 0 Å². The Morgan fingerprint density at radius 2 is 2.36 bits per heavy atom. The summed E-state index contributed by atoms with van der Waals surface area (Å²) in [6.07, 6.45) is -0.164. The molecule has 0 radical (unpaired) electrons. The molecule has 1 N–H and O–H groups in total. The molecule has 1 aliphatic rings. The van der Waals surface area contributed by atoms with Gasteiger partial charge >= 0.3 is 12.1 Å². The van der Waals surface area contributed by atoms with E-state index in [2.05, 4.69) is 14.9 Å². The van der Waals surface area contributed by atoms with Crippen LogP contribution in [0.15, 0.2) is 12.4 Å². The van der Waals surface area contributed by atoms with Crippen LogP contribution < -0.4 is 0 Å². The molecule has 0 saturated heterocycles. The lowest BCUT2D eigenvalue weighted by molar-refractivity contribution is -0.215. The van der Waals surface area contributed by atoms with Crippen molar-refractivity contribution in [3.05, 3.63) is 18.0 Å². The minimum absolute atomic E-state index is 0.00493. The third-order valence-corrected chi connectivity index (χ3v) is 2.02. The Bertz CT molecular complexity index is 333. The van der Waals surface area contributed by atoms with Crippen molar-refractivity contribution in [3.8, 4) is 0 Å². The Hall–Kier alpha value is -1.46. The van der Waals surface area contributed by atoms with Crippen LogP contribution in [-0.2, 0) is 4.74 Å². The van der Waals surface area contributed by atoms with Gasteiger partial charge in [-0.1, -0.05) is 0 Å². The highest BCUT2D eigenvalue weighted by atomic mass is 19.3. The molecule has 6 heteroatoms. The highest BCUT2D eigenvalue weighted by Crippen LogP contribution is 2.44. The van der Waals surface area contributed by atoms with Gasteiger partial charge in [-0.3, -0.25) is 5.10 Å². The topological polar surface area (TPSA) is 55.0 Å². The summed E-state index contributed by atoms with van der Waals surface area (Å²) in [5, 5.41) is 5.81. The Labute approximate surface area is 78.3 Å². The summed E-state index contributed by atoms with van der Waals surface area (Å²) in [6.45, 7) is 0. The average molecular weight is 202 g/mol.